The van der Waals surface area contributed by atoms with Crippen molar-refractivity contribution in [2.45, 2.75) is 12.0 Å². The molecule has 1 saturated heterocycles. The Labute approximate surface area is 152 Å². The molecule has 1 N–H and O–H groups in total. The molecular weight excluding hydrogens is 337 g/mol. The number of nitrogens with zero attached hydrogens (tertiary/aromatic N) is 1. The van der Waals surface area contributed by atoms with Crippen LogP contribution in [0.1, 0.15) is 15.9 Å². The number of aliphatic hydroxyl groups excluding tert-OH is 1. The number of hydrogen-bond acceptors (Lipinski definition) is 4. The summed E-state index contributed by atoms with van der Waals surface area (Å²) in [5.41, 5.74) is 0.330. The van der Waals surface area contributed by atoms with Gasteiger partial charge in [0, 0.05) is 18.5 Å². The molecule has 5 nitrogen and oxygen atoms in total. The van der Waals surface area contributed by atoms with Gasteiger partial charge >= 0.3 is 0 Å². The van der Waals surface area contributed by atoms with E-state index < -0.39 is 5.60 Å². The number of aliphatic hydroxyl groups is 1. The number of rotatable bonds is 5. The summed E-state index contributed by atoms with van der Waals surface area (Å²) in [5.74, 6) is 0.213. The molecule has 1 amide bonds. The number of benzene rings is 2. The van der Waals surface area contributed by atoms with Gasteiger partial charge in [-0.3, -0.25) is 4.79 Å². The Bertz CT molecular complexity index is 765. The molecule has 0 aliphatic carbocycles. The summed E-state index contributed by atoms with van der Waals surface area (Å²) in [6.45, 7) is 0.744. The van der Waals surface area contributed by atoms with Gasteiger partial charge in [0.1, 0.15) is 17.2 Å². The van der Waals surface area contributed by atoms with Crippen LogP contribution in [0.5, 0.6) is 5.75 Å². The van der Waals surface area contributed by atoms with Crippen molar-refractivity contribution in [3.8, 4) is 5.75 Å². The largest absolute Gasteiger partial charge is 0.497 e. The second-order valence-corrected chi connectivity index (χ2v) is 6.45. The van der Waals surface area contributed by atoms with E-state index in [1.807, 2.05) is 0 Å². The summed E-state index contributed by atoms with van der Waals surface area (Å²) < 4.78 is 24.4. The van der Waals surface area contributed by atoms with Crippen LogP contribution in [-0.2, 0) is 11.2 Å². The fraction of sp³-hybridized carbons (Fsp3) is 0.350. The Morgan fingerprint density at radius 1 is 1.31 bits per heavy atom. The lowest BCUT2D eigenvalue weighted by Crippen LogP contribution is -2.56. The van der Waals surface area contributed by atoms with E-state index in [1.54, 1.807) is 48.4 Å². The zero-order valence-electron chi connectivity index (χ0n) is 14.7. The van der Waals surface area contributed by atoms with Gasteiger partial charge in [-0.2, -0.15) is 0 Å². The normalized spacial score (nSPS) is 20.0. The smallest absolute Gasteiger partial charge is 0.254 e. The first kappa shape index (κ1) is 18.4. The highest BCUT2D eigenvalue weighted by Gasteiger charge is 2.38. The molecule has 0 radical (unpaired) electrons. The zero-order chi connectivity index (χ0) is 18.6. The van der Waals surface area contributed by atoms with Crippen LogP contribution < -0.4 is 4.74 Å². The number of amides is 1. The summed E-state index contributed by atoms with van der Waals surface area (Å²) in [4.78, 5) is 14.5. The molecule has 138 valence electrons. The summed E-state index contributed by atoms with van der Waals surface area (Å²) in [6, 6.07) is 13.1. The number of methoxy groups -OCH3 is 1. The summed E-state index contributed by atoms with van der Waals surface area (Å²) in [6.07, 6.45) is 0.327. The molecule has 0 bridgehead atoms. The van der Waals surface area contributed by atoms with Crippen LogP contribution in [0.25, 0.3) is 0 Å². The van der Waals surface area contributed by atoms with Gasteiger partial charge in [0.25, 0.3) is 5.91 Å². The molecule has 6 heteroatoms. The molecule has 1 unspecified atom stereocenters. The van der Waals surface area contributed by atoms with Gasteiger partial charge in [0.2, 0.25) is 0 Å². The Balaban J connectivity index is 1.76. The first-order valence-electron chi connectivity index (χ1n) is 8.48. The second kappa shape index (κ2) is 7.85. The van der Waals surface area contributed by atoms with Crippen molar-refractivity contribution in [1.82, 2.24) is 4.90 Å². The summed E-state index contributed by atoms with van der Waals surface area (Å²) >= 11 is 0. The maximum absolute atomic E-state index is 13.5. The Morgan fingerprint density at radius 3 is 2.73 bits per heavy atom. The Morgan fingerprint density at radius 2 is 2.08 bits per heavy atom. The third kappa shape index (κ3) is 4.03. The van der Waals surface area contributed by atoms with E-state index in [4.69, 9.17) is 9.47 Å². The van der Waals surface area contributed by atoms with Gasteiger partial charge < -0.3 is 19.5 Å². The van der Waals surface area contributed by atoms with Crippen LogP contribution >= 0.6 is 0 Å². The first-order chi connectivity index (χ1) is 12.5. The van der Waals surface area contributed by atoms with E-state index >= 15 is 0 Å². The minimum absolute atomic E-state index is 0.131. The highest BCUT2D eigenvalue weighted by atomic mass is 19.1. The molecule has 0 aromatic heterocycles. The third-order valence-corrected chi connectivity index (χ3v) is 4.58. The third-order valence-electron chi connectivity index (χ3n) is 4.58. The van der Waals surface area contributed by atoms with Gasteiger partial charge in [-0.05, 0) is 42.0 Å². The van der Waals surface area contributed by atoms with Crippen LogP contribution in [0.3, 0.4) is 0 Å². The minimum Gasteiger partial charge on any atom is -0.497 e. The summed E-state index contributed by atoms with van der Waals surface area (Å²) in [5, 5.41) is 9.94. The zero-order valence-corrected chi connectivity index (χ0v) is 14.7. The van der Waals surface area contributed by atoms with Crippen LogP contribution in [-0.4, -0.2) is 54.9 Å². The van der Waals surface area contributed by atoms with Crippen molar-refractivity contribution in [1.29, 1.82) is 0 Å². The molecule has 1 heterocycles. The predicted octanol–water partition coefficient (Wildman–Crippen LogP) is 2.28. The number of hydrogen-bond donors (Lipinski definition) is 1. The Hall–Kier alpha value is -2.44. The predicted molar refractivity (Wildman–Crippen MR) is 94.8 cm³/mol. The highest BCUT2D eigenvalue weighted by Crippen LogP contribution is 2.25. The molecule has 1 aliphatic rings. The van der Waals surface area contributed by atoms with Crippen LogP contribution in [0.4, 0.5) is 4.39 Å². The standard InChI is InChI=1S/C20H22FNO4/c1-25-18-7-5-16(6-8-18)19(24)22-9-10-26-20(13-22,14-23)12-15-3-2-4-17(21)11-15/h2-8,11,23H,9-10,12-14H2,1H3. The second-order valence-electron chi connectivity index (χ2n) is 6.45. The molecule has 0 saturated carbocycles. The average Bonchev–Trinajstić information content (AvgIpc) is 2.67. The van der Waals surface area contributed by atoms with Gasteiger partial charge in [-0.25, -0.2) is 4.39 Å². The van der Waals surface area contributed by atoms with E-state index in [0.29, 0.717) is 30.9 Å². The van der Waals surface area contributed by atoms with E-state index in [-0.39, 0.29) is 24.9 Å². The van der Waals surface area contributed by atoms with Crippen molar-refractivity contribution in [3.63, 3.8) is 0 Å². The molecule has 2 aromatic rings. The van der Waals surface area contributed by atoms with Crippen LogP contribution in [0, 0.1) is 5.82 Å². The fourth-order valence-electron chi connectivity index (χ4n) is 3.21. The fourth-order valence-corrected chi connectivity index (χ4v) is 3.21. The molecule has 26 heavy (non-hydrogen) atoms. The highest BCUT2D eigenvalue weighted by molar-refractivity contribution is 5.94. The lowest BCUT2D eigenvalue weighted by atomic mass is 9.92. The molecular formula is C20H22FNO4. The van der Waals surface area contributed by atoms with Gasteiger partial charge in [0.05, 0.1) is 26.9 Å². The molecule has 0 spiro atoms. The number of carbonyl (C=O) groups excluding carboxylic acids is 1. The lowest BCUT2D eigenvalue weighted by Gasteiger charge is -2.42. The molecule has 1 atom stereocenters. The molecule has 1 fully saturated rings. The van der Waals surface area contributed by atoms with Crippen LogP contribution in [0.15, 0.2) is 48.5 Å². The number of halogens is 1. The van der Waals surface area contributed by atoms with E-state index in [2.05, 4.69) is 0 Å². The molecule has 1 aliphatic heterocycles. The minimum atomic E-state index is -0.936. The van der Waals surface area contributed by atoms with Gasteiger partial charge in [-0.1, -0.05) is 12.1 Å². The molecule has 2 aromatic carbocycles. The van der Waals surface area contributed by atoms with Crippen molar-refractivity contribution < 1.29 is 23.8 Å². The quantitative estimate of drug-likeness (QED) is 0.890. The van der Waals surface area contributed by atoms with Crippen molar-refractivity contribution in [3.05, 3.63) is 65.5 Å². The van der Waals surface area contributed by atoms with E-state index in [9.17, 15) is 14.3 Å². The SMILES string of the molecule is COc1ccc(C(=O)N2CCOC(CO)(Cc3cccc(F)c3)C2)cc1. The number of morpholine rings is 1. The number of carbonyl (C=O) groups is 1. The topological polar surface area (TPSA) is 59.0 Å². The van der Waals surface area contributed by atoms with Gasteiger partial charge in [-0.15, -0.1) is 0 Å². The van der Waals surface area contributed by atoms with E-state index in [1.165, 1.54) is 12.1 Å². The van der Waals surface area contributed by atoms with E-state index in [0.717, 1.165) is 5.56 Å². The maximum Gasteiger partial charge on any atom is 0.254 e. The first-order valence-corrected chi connectivity index (χ1v) is 8.48. The summed E-state index contributed by atoms with van der Waals surface area (Å²) in [7, 11) is 1.57. The Kier molecular flexibility index (Phi) is 5.54. The van der Waals surface area contributed by atoms with Crippen LogP contribution in [0.2, 0.25) is 0 Å². The lowest BCUT2D eigenvalue weighted by molar-refractivity contribution is -0.123. The average molecular weight is 359 g/mol. The van der Waals surface area contributed by atoms with Gasteiger partial charge in [0.15, 0.2) is 0 Å². The van der Waals surface area contributed by atoms with Crippen molar-refractivity contribution in [2.75, 3.05) is 33.4 Å². The molecule has 3 rings (SSSR count). The van der Waals surface area contributed by atoms with Crippen molar-refractivity contribution in [2.24, 2.45) is 0 Å². The monoisotopic (exact) mass is 359 g/mol. The van der Waals surface area contributed by atoms with Crippen molar-refractivity contribution >= 4 is 5.91 Å². The number of ether oxygens (including phenoxy) is 2. The maximum atomic E-state index is 13.5.